The van der Waals surface area contributed by atoms with Gasteiger partial charge in [0.15, 0.2) is 0 Å². The van der Waals surface area contributed by atoms with Gasteiger partial charge in [-0.1, -0.05) is 0 Å². The minimum atomic E-state index is -0.452. The topological polar surface area (TPSA) is 75.4 Å². The van der Waals surface area contributed by atoms with Crippen LogP contribution in [0.15, 0.2) is 0 Å². The number of likely N-dealkylation sites (N-methyl/N-ethyl adjacent to an activating group) is 1. The Morgan fingerprint density at radius 3 is 2.59 bits per heavy atom. The number of amides is 2. The molecule has 98 valence electrons. The number of thioether (sulfide) groups is 1. The largest absolute Gasteiger partial charge is 0.368 e. The fraction of sp³-hybridized carbons (Fsp3) is 0.818. The fourth-order valence-corrected chi connectivity index (χ4v) is 2.94. The Labute approximate surface area is 106 Å². The number of primary amides is 1. The predicted molar refractivity (Wildman–Crippen MR) is 69.8 cm³/mol. The van der Waals surface area contributed by atoms with Crippen LogP contribution in [0.25, 0.3) is 0 Å². The van der Waals surface area contributed by atoms with Crippen molar-refractivity contribution in [3.63, 3.8) is 0 Å². The molecule has 0 aromatic carbocycles. The summed E-state index contributed by atoms with van der Waals surface area (Å²) in [5, 5.41) is 3.86. The lowest BCUT2D eigenvalue weighted by Gasteiger charge is -2.24. The van der Waals surface area contributed by atoms with Crippen LogP contribution in [0.1, 0.15) is 19.8 Å². The second-order valence-electron chi connectivity index (χ2n) is 4.13. The molecule has 0 bridgehead atoms. The first-order valence-corrected chi connectivity index (χ1v) is 7.06. The highest BCUT2D eigenvalue weighted by Gasteiger charge is 2.18. The van der Waals surface area contributed by atoms with Crippen LogP contribution < -0.4 is 11.1 Å². The Bertz CT molecular complexity index is 267. The zero-order valence-electron chi connectivity index (χ0n) is 10.3. The SMILES string of the molecule is CCN(CC(N)=O)C(=O)CSC1CCNCC1. The average molecular weight is 259 g/mol. The van der Waals surface area contributed by atoms with E-state index in [2.05, 4.69) is 5.32 Å². The molecule has 0 aromatic heterocycles. The maximum absolute atomic E-state index is 11.8. The van der Waals surface area contributed by atoms with Gasteiger partial charge in [-0.2, -0.15) is 0 Å². The minimum absolute atomic E-state index is 0.00910. The maximum Gasteiger partial charge on any atom is 0.237 e. The summed E-state index contributed by atoms with van der Waals surface area (Å²) >= 11 is 1.69. The second kappa shape index (κ2) is 7.55. The van der Waals surface area contributed by atoms with E-state index >= 15 is 0 Å². The Hall–Kier alpha value is -0.750. The van der Waals surface area contributed by atoms with Gasteiger partial charge in [0.05, 0.1) is 12.3 Å². The molecule has 0 atom stereocenters. The van der Waals surface area contributed by atoms with Gasteiger partial charge in [0, 0.05) is 11.8 Å². The van der Waals surface area contributed by atoms with Gasteiger partial charge >= 0.3 is 0 Å². The van der Waals surface area contributed by atoms with Gasteiger partial charge in [0.1, 0.15) is 0 Å². The molecule has 1 aliphatic heterocycles. The lowest BCUT2D eigenvalue weighted by atomic mass is 10.2. The van der Waals surface area contributed by atoms with Crippen LogP contribution in [-0.4, -0.2) is 53.9 Å². The number of hydrogen-bond acceptors (Lipinski definition) is 4. The third-order valence-corrected chi connectivity index (χ3v) is 4.17. The van der Waals surface area contributed by atoms with E-state index in [1.165, 1.54) is 4.90 Å². The molecular weight excluding hydrogens is 238 g/mol. The number of carbonyl (C=O) groups is 2. The summed E-state index contributed by atoms with van der Waals surface area (Å²) in [5.74, 6) is 0.00750. The molecule has 17 heavy (non-hydrogen) atoms. The zero-order chi connectivity index (χ0) is 12.7. The Morgan fingerprint density at radius 1 is 1.41 bits per heavy atom. The molecule has 0 saturated carbocycles. The van der Waals surface area contributed by atoms with Gasteiger partial charge in [-0.25, -0.2) is 0 Å². The van der Waals surface area contributed by atoms with Gasteiger partial charge in [0.2, 0.25) is 11.8 Å². The predicted octanol–water partition coefficient (Wildman–Crippen LogP) is -0.195. The van der Waals surface area contributed by atoms with Crippen LogP contribution in [0.2, 0.25) is 0 Å². The molecule has 0 spiro atoms. The van der Waals surface area contributed by atoms with Crippen LogP contribution in [0.3, 0.4) is 0 Å². The molecule has 1 saturated heterocycles. The van der Waals surface area contributed by atoms with Gasteiger partial charge < -0.3 is 16.0 Å². The number of piperidine rings is 1. The van der Waals surface area contributed by atoms with Gasteiger partial charge in [0.25, 0.3) is 0 Å². The first kappa shape index (κ1) is 14.3. The molecule has 0 radical (unpaired) electrons. The maximum atomic E-state index is 11.8. The van der Waals surface area contributed by atoms with E-state index in [0.717, 1.165) is 25.9 Å². The Balaban J connectivity index is 2.28. The molecule has 1 aliphatic rings. The van der Waals surface area contributed by atoms with Crippen molar-refractivity contribution in [3.8, 4) is 0 Å². The number of nitrogens with two attached hydrogens (primary N) is 1. The van der Waals surface area contributed by atoms with Crippen molar-refractivity contribution in [3.05, 3.63) is 0 Å². The molecule has 3 N–H and O–H groups in total. The summed E-state index contributed by atoms with van der Waals surface area (Å²) in [4.78, 5) is 24.1. The van der Waals surface area contributed by atoms with Crippen molar-refractivity contribution < 1.29 is 9.59 Å². The summed E-state index contributed by atoms with van der Waals surface area (Å²) in [6.07, 6.45) is 2.22. The molecule has 0 aromatic rings. The third kappa shape index (κ3) is 5.41. The van der Waals surface area contributed by atoms with Crippen LogP contribution in [-0.2, 0) is 9.59 Å². The van der Waals surface area contributed by atoms with Gasteiger partial charge in [-0.15, -0.1) is 11.8 Å². The van der Waals surface area contributed by atoms with E-state index in [-0.39, 0.29) is 12.5 Å². The van der Waals surface area contributed by atoms with Crippen molar-refractivity contribution in [1.82, 2.24) is 10.2 Å². The lowest BCUT2D eigenvalue weighted by molar-refractivity contribution is -0.132. The molecule has 5 nitrogen and oxygen atoms in total. The molecule has 0 unspecified atom stereocenters. The van der Waals surface area contributed by atoms with E-state index in [0.29, 0.717) is 17.5 Å². The highest BCUT2D eigenvalue weighted by atomic mass is 32.2. The molecule has 2 amide bonds. The number of carbonyl (C=O) groups excluding carboxylic acids is 2. The average Bonchev–Trinajstić information content (AvgIpc) is 2.34. The quantitative estimate of drug-likeness (QED) is 0.693. The molecule has 1 rings (SSSR count). The fourth-order valence-electron chi connectivity index (χ4n) is 1.81. The van der Waals surface area contributed by atoms with Crippen LogP contribution >= 0.6 is 11.8 Å². The summed E-state index contributed by atoms with van der Waals surface area (Å²) in [6, 6.07) is 0. The first-order valence-electron chi connectivity index (χ1n) is 6.02. The van der Waals surface area contributed by atoms with E-state index in [1.54, 1.807) is 11.8 Å². The summed E-state index contributed by atoms with van der Waals surface area (Å²) in [6.45, 7) is 4.49. The van der Waals surface area contributed by atoms with E-state index in [1.807, 2.05) is 6.92 Å². The third-order valence-electron chi connectivity index (χ3n) is 2.81. The van der Waals surface area contributed by atoms with Crippen molar-refractivity contribution in [2.45, 2.75) is 25.0 Å². The standard InChI is InChI=1S/C11H21N3O2S/c1-2-14(7-10(12)15)11(16)8-17-9-3-5-13-6-4-9/h9,13H,2-8H2,1H3,(H2,12,15). The minimum Gasteiger partial charge on any atom is -0.368 e. The monoisotopic (exact) mass is 259 g/mol. The normalized spacial score (nSPS) is 16.8. The summed E-state index contributed by atoms with van der Waals surface area (Å²) in [5.41, 5.74) is 5.10. The number of rotatable bonds is 6. The van der Waals surface area contributed by atoms with Crippen molar-refractivity contribution >= 4 is 23.6 Å². The van der Waals surface area contributed by atoms with E-state index in [4.69, 9.17) is 5.73 Å². The Kier molecular flexibility index (Phi) is 6.36. The Morgan fingerprint density at radius 2 is 2.06 bits per heavy atom. The molecule has 0 aliphatic carbocycles. The van der Waals surface area contributed by atoms with Gasteiger partial charge in [-0.05, 0) is 32.9 Å². The van der Waals surface area contributed by atoms with Gasteiger partial charge in [-0.3, -0.25) is 9.59 Å². The van der Waals surface area contributed by atoms with Crippen molar-refractivity contribution in [2.75, 3.05) is 31.9 Å². The van der Waals surface area contributed by atoms with Crippen molar-refractivity contribution in [2.24, 2.45) is 5.73 Å². The van der Waals surface area contributed by atoms with Crippen LogP contribution in [0.4, 0.5) is 0 Å². The lowest BCUT2D eigenvalue weighted by Crippen LogP contribution is -2.39. The first-order chi connectivity index (χ1) is 8.13. The number of nitrogens with zero attached hydrogens (tertiary/aromatic N) is 1. The van der Waals surface area contributed by atoms with Crippen LogP contribution in [0, 0.1) is 0 Å². The van der Waals surface area contributed by atoms with E-state index < -0.39 is 5.91 Å². The summed E-state index contributed by atoms with van der Waals surface area (Å²) < 4.78 is 0. The highest BCUT2D eigenvalue weighted by Crippen LogP contribution is 2.20. The smallest absolute Gasteiger partial charge is 0.237 e. The molecular formula is C11H21N3O2S. The molecule has 6 heteroatoms. The number of hydrogen-bond donors (Lipinski definition) is 2. The van der Waals surface area contributed by atoms with Crippen molar-refractivity contribution in [1.29, 1.82) is 0 Å². The molecule has 1 heterocycles. The van der Waals surface area contributed by atoms with Crippen LogP contribution in [0.5, 0.6) is 0 Å². The molecule has 1 fully saturated rings. The zero-order valence-corrected chi connectivity index (χ0v) is 11.1. The number of nitrogens with one attached hydrogen (secondary N) is 1. The summed E-state index contributed by atoms with van der Waals surface area (Å²) in [7, 11) is 0. The highest BCUT2D eigenvalue weighted by molar-refractivity contribution is 8.00. The van der Waals surface area contributed by atoms with E-state index in [9.17, 15) is 9.59 Å². The second-order valence-corrected chi connectivity index (χ2v) is 5.42.